The van der Waals surface area contributed by atoms with Crippen molar-refractivity contribution >= 4 is 5.91 Å². The Labute approximate surface area is 133 Å². The SMILES string of the molecule is Cn1cc(CCC(=O)N[C@@H](c2cc(F)ccc2F)C2CC2)cn1. The first-order valence-electron chi connectivity index (χ1n) is 7.75. The van der Waals surface area contributed by atoms with Gasteiger partial charge >= 0.3 is 0 Å². The van der Waals surface area contributed by atoms with Gasteiger partial charge in [-0.05, 0) is 48.9 Å². The molecular formula is C17H19F2N3O. The summed E-state index contributed by atoms with van der Waals surface area (Å²) in [4.78, 5) is 12.2. The van der Waals surface area contributed by atoms with Gasteiger partial charge in [-0.1, -0.05) is 0 Å². The number of hydrogen-bond donors (Lipinski definition) is 1. The molecule has 1 aliphatic carbocycles. The largest absolute Gasteiger partial charge is 0.349 e. The predicted octanol–water partition coefficient (Wildman–Crippen LogP) is 2.90. The first-order valence-corrected chi connectivity index (χ1v) is 7.75. The molecule has 6 heteroatoms. The van der Waals surface area contributed by atoms with Crippen molar-refractivity contribution in [2.45, 2.75) is 31.7 Å². The van der Waals surface area contributed by atoms with E-state index in [1.54, 1.807) is 10.9 Å². The number of aryl methyl sites for hydroxylation is 2. The number of amides is 1. The molecule has 0 bridgehead atoms. The number of benzene rings is 1. The highest BCUT2D eigenvalue weighted by Crippen LogP contribution is 2.41. The van der Waals surface area contributed by atoms with E-state index < -0.39 is 17.7 Å². The Kier molecular flexibility index (Phi) is 4.41. The van der Waals surface area contributed by atoms with Crippen LogP contribution >= 0.6 is 0 Å². The molecule has 1 aromatic carbocycles. The maximum Gasteiger partial charge on any atom is 0.220 e. The van der Waals surface area contributed by atoms with E-state index in [9.17, 15) is 13.6 Å². The second kappa shape index (κ2) is 6.48. The molecule has 0 aliphatic heterocycles. The maximum atomic E-state index is 14.0. The van der Waals surface area contributed by atoms with Crippen molar-refractivity contribution in [3.05, 3.63) is 53.4 Å². The summed E-state index contributed by atoms with van der Waals surface area (Å²) in [6.45, 7) is 0. The van der Waals surface area contributed by atoms with Crippen molar-refractivity contribution < 1.29 is 13.6 Å². The lowest BCUT2D eigenvalue weighted by Crippen LogP contribution is -2.30. The quantitative estimate of drug-likeness (QED) is 0.890. The molecule has 4 nitrogen and oxygen atoms in total. The van der Waals surface area contributed by atoms with E-state index in [0.29, 0.717) is 12.8 Å². The minimum atomic E-state index is -0.489. The Morgan fingerprint density at radius 3 is 2.87 bits per heavy atom. The minimum absolute atomic E-state index is 0.158. The summed E-state index contributed by atoms with van der Waals surface area (Å²) in [5.41, 5.74) is 1.21. The average Bonchev–Trinajstić information content (AvgIpc) is 3.27. The van der Waals surface area contributed by atoms with E-state index in [0.717, 1.165) is 30.5 Å². The summed E-state index contributed by atoms with van der Waals surface area (Å²) in [5.74, 6) is -0.935. The van der Waals surface area contributed by atoms with Gasteiger partial charge in [0.1, 0.15) is 11.6 Å². The molecule has 0 saturated heterocycles. The van der Waals surface area contributed by atoms with Crippen LogP contribution in [0.15, 0.2) is 30.6 Å². The molecule has 1 atom stereocenters. The van der Waals surface area contributed by atoms with Gasteiger partial charge in [-0.15, -0.1) is 0 Å². The van der Waals surface area contributed by atoms with Crippen LogP contribution in [-0.4, -0.2) is 15.7 Å². The van der Waals surface area contributed by atoms with Crippen molar-refractivity contribution in [2.75, 3.05) is 0 Å². The van der Waals surface area contributed by atoms with Gasteiger partial charge in [-0.3, -0.25) is 9.48 Å². The third-order valence-electron chi connectivity index (χ3n) is 4.10. The summed E-state index contributed by atoms with van der Waals surface area (Å²) in [5, 5.41) is 6.92. The van der Waals surface area contributed by atoms with Crippen LogP contribution in [0.5, 0.6) is 0 Å². The highest BCUT2D eigenvalue weighted by molar-refractivity contribution is 5.76. The number of carbonyl (C=O) groups excluding carboxylic acids is 1. The Hall–Kier alpha value is -2.24. The van der Waals surface area contributed by atoms with Crippen LogP contribution in [-0.2, 0) is 18.3 Å². The van der Waals surface area contributed by atoms with E-state index in [1.165, 1.54) is 6.07 Å². The summed E-state index contributed by atoms with van der Waals surface area (Å²) in [6, 6.07) is 2.93. The fraction of sp³-hybridized carbons (Fsp3) is 0.412. The topological polar surface area (TPSA) is 46.9 Å². The Bertz CT molecular complexity index is 710. The lowest BCUT2D eigenvalue weighted by Gasteiger charge is -2.19. The number of rotatable bonds is 6. The second-order valence-electron chi connectivity index (χ2n) is 6.07. The monoisotopic (exact) mass is 319 g/mol. The minimum Gasteiger partial charge on any atom is -0.349 e. The number of halogens is 2. The van der Waals surface area contributed by atoms with Crippen molar-refractivity contribution in [3.63, 3.8) is 0 Å². The van der Waals surface area contributed by atoms with Crippen LogP contribution in [0, 0.1) is 17.6 Å². The van der Waals surface area contributed by atoms with E-state index in [-0.39, 0.29) is 17.4 Å². The van der Waals surface area contributed by atoms with Gasteiger partial charge in [0.05, 0.1) is 12.2 Å². The zero-order valence-electron chi connectivity index (χ0n) is 12.9. The highest BCUT2D eigenvalue weighted by Gasteiger charge is 2.35. The van der Waals surface area contributed by atoms with Gasteiger partial charge < -0.3 is 5.32 Å². The molecule has 1 fully saturated rings. The van der Waals surface area contributed by atoms with E-state index >= 15 is 0 Å². The molecule has 1 aromatic heterocycles. The molecule has 0 spiro atoms. The summed E-state index contributed by atoms with van der Waals surface area (Å²) >= 11 is 0. The van der Waals surface area contributed by atoms with Crippen molar-refractivity contribution in [3.8, 4) is 0 Å². The zero-order valence-corrected chi connectivity index (χ0v) is 12.9. The number of hydrogen-bond acceptors (Lipinski definition) is 2. The number of nitrogens with one attached hydrogen (secondary N) is 1. The maximum absolute atomic E-state index is 14.0. The Balaban J connectivity index is 1.65. The van der Waals surface area contributed by atoms with Gasteiger partial charge in [0.25, 0.3) is 0 Å². The molecule has 3 rings (SSSR count). The predicted molar refractivity (Wildman–Crippen MR) is 81.5 cm³/mol. The molecule has 2 aromatic rings. The first kappa shape index (κ1) is 15.6. The van der Waals surface area contributed by atoms with Crippen LogP contribution in [0.25, 0.3) is 0 Å². The van der Waals surface area contributed by atoms with Gasteiger partial charge in [0.2, 0.25) is 5.91 Å². The van der Waals surface area contributed by atoms with Gasteiger partial charge in [-0.2, -0.15) is 5.10 Å². The lowest BCUT2D eigenvalue weighted by molar-refractivity contribution is -0.122. The normalized spacial score (nSPS) is 15.4. The van der Waals surface area contributed by atoms with E-state index in [4.69, 9.17) is 0 Å². The molecule has 23 heavy (non-hydrogen) atoms. The van der Waals surface area contributed by atoms with E-state index in [1.807, 2.05) is 13.2 Å². The molecule has 1 amide bonds. The van der Waals surface area contributed by atoms with Gasteiger partial charge in [-0.25, -0.2) is 8.78 Å². The Morgan fingerprint density at radius 1 is 1.43 bits per heavy atom. The zero-order chi connectivity index (χ0) is 16.4. The molecule has 1 heterocycles. The molecule has 0 radical (unpaired) electrons. The number of carbonyl (C=O) groups is 1. The molecular weight excluding hydrogens is 300 g/mol. The summed E-state index contributed by atoms with van der Waals surface area (Å²) in [7, 11) is 1.82. The van der Waals surface area contributed by atoms with Crippen LogP contribution in [0.4, 0.5) is 8.78 Å². The molecule has 0 unspecified atom stereocenters. The fourth-order valence-corrected chi connectivity index (χ4v) is 2.74. The van der Waals surface area contributed by atoms with Crippen molar-refractivity contribution in [1.82, 2.24) is 15.1 Å². The summed E-state index contributed by atoms with van der Waals surface area (Å²) in [6.07, 6.45) is 6.29. The van der Waals surface area contributed by atoms with Gasteiger partial charge in [0, 0.05) is 25.2 Å². The standard InChI is InChI=1S/C17H19F2N3O/c1-22-10-11(9-20-22)2-7-16(23)21-17(12-3-4-12)14-8-13(18)5-6-15(14)19/h5-6,8-10,12,17H,2-4,7H2,1H3,(H,21,23)/t17-/m1/s1. The Morgan fingerprint density at radius 2 is 2.22 bits per heavy atom. The third-order valence-corrected chi connectivity index (χ3v) is 4.10. The molecule has 1 aliphatic rings. The first-order chi connectivity index (χ1) is 11.0. The number of aromatic nitrogens is 2. The van der Waals surface area contributed by atoms with Crippen LogP contribution < -0.4 is 5.32 Å². The van der Waals surface area contributed by atoms with Crippen LogP contribution in [0.3, 0.4) is 0 Å². The van der Waals surface area contributed by atoms with Crippen LogP contribution in [0.1, 0.15) is 36.4 Å². The lowest BCUT2D eigenvalue weighted by atomic mass is 10.0. The van der Waals surface area contributed by atoms with Crippen LogP contribution in [0.2, 0.25) is 0 Å². The van der Waals surface area contributed by atoms with E-state index in [2.05, 4.69) is 10.4 Å². The third kappa shape index (κ3) is 3.94. The van der Waals surface area contributed by atoms with Gasteiger partial charge in [0.15, 0.2) is 0 Å². The molecule has 1 saturated carbocycles. The fourth-order valence-electron chi connectivity index (χ4n) is 2.74. The second-order valence-corrected chi connectivity index (χ2v) is 6.07. The number of nitrogens with zero attached hydrogens (tertiary/aromatic N) is 2. The van der Waals surface area contributed by atoms with Crippen molar-refractivity contribution in [1.29, 1.82) is 0 Å². The molecule has 122 valence electrons. The smallest absolute Gasteiger partial charge is 0.220 e. The molecule has 1 N–H and O–H groups in total. The average molecular weight is 319 g/mol. The van der Waals surface area contributed by atoms with Crippen molar-refractivity contribution in [2.24, 2.45) is 13.0 Å². The highest BCUT2D eigenvalue weighted by atomic mass is 19.1. The summed E-state index contributed by atoms with van der Waals surface area (Å²) < 4.78 is 29.1.